The van der Waals surface area contributed by atoms with Crippen molar-refractivity contribution < 1.29 is 19.1 Å². The summed E-state index contributed by atoms with van der Waals surface area (Å²) in [6.45, 7) is 4.91. The second kappa shape index (κ2) is 6.42. The van der Waals surface area contributed by atoms with Crippen LogP contribution in [-0.4, -0.2) is 20.7 Å². The minimum Gasteiger partial charge on any atom is -0.508 e. The smallest absolute Gasteiger partial charge is 0.283 e. The fraction of sp³-hybridized carbons (Fsp3) is 0.167. The largest absolute Gasteiger partial charge is 0.508 e. The highest BCUT2D eigenvalue weighted by Gasteiger charge is 2.28. The van der Waals surface area contributed by atoms with Crippen LogP contribution in [0.4, 0.5) is 4.39 Å². The summed E-state index contributed by atoms with van der Waals surface area (Å²) in [4.78, 5) is 0. The Balaban J connectivity index is 2.47. The molecule has 0 bridgehead atoms. The predicted octanol–water partition coefficient (Wildman–Crippen LogP) is 4.26. The number of benzene rings is 1. The average molecular weight is 378 g/mol. The van der Waals surface area contributed by atoms with E-state index in [0.717, 1.165) is 0 Å². The summed E-state index contributed by atoms with van der Waals surface area (Å²) in [7, 11) is 0. The van der Waals surface area contributed by atoms with E-state index in [-0.39, 0.29) is 17.1 Å². The van der Waals surface area contributed by atoms with Crippen molar-refractivity contribution in [2.45, 2.75) is 20.8 Å². The molecule has 3 rings (SSSR count). The summed E-state index contributed by atoms with van der Waals surface area (Å²) in [5, 5.41) is 22.2. The minimum atomic E-state index is -0.720. The molecule has 3 aromatic rings. The first-order valence-electron chi connectivity index (χ1n) is 7.71. The van der Waals surface area contributed by atoms with E-state index in [9.17, 15) is 14.7 Å². The number of aromatic nitrogens is 1. The standard InChI is InChI=1S/C18H17ClFN3O3/c1-8-13(19)16(11-4-6-12(24)7-5-11)23(15(8)18(21)22-25)14-9(2)17(20)26-10(14)3/h4-7,24-25H,1-3H3,(H2,21,22). The third kappa shape index (κ3) is 2.61. The van der Waals surface area contributed by atoms with Crippen molar-refractivity contribution in [3.8, 4) is 22.7 Å². The molecular formula is C18H17ClFN3O3. The Hall–Kier alpha value is -2.93. The molecule has 1 aromatic carbocycles. The van der Waals surface area contributed by atoms with Crippen LogP contribution in [0.3, 0.4) is 0 Å². The molecular weight excluding hydrogens is 361 g/mol. The number of nitrogens with zero attached hydrogens (tertiary/aromatic N) is 2. The molecule has 0 fully saturated rings. The first kappa shape index (κ1) is 17.9. The first-order chi connectivity index (χ1) is 12.3. The molecule has 4 N–H and O–H groups in total. The number of oxime groups is 1. The Kier molecular flexibility index (Phi) is 4.41. The lowest BCUT2D eigenvalue weighted by molar-refractivity contribution is 0.318. The number of hydrogen-bond acceptors (Lipinski definition) is 4. The Morgan fingerprint density at radius 2 is 1.81 bits per heavy atom. The van der Waals surface area contributed by atoms with Gasteiger partial charge in [0.25, 0.3) is 6.01 Å². The van der Waals surface area contributed by atoms with Crippen LogP contribution in [0.2, 0.25) is 5.02 Å². The Morgan fingerprint density at radius 1 is 1.19 bits per heavy atom. The van der Waals surface area contributed by atoms with Gasteiger partial charge in [-0.25, -0.2) is 0 Å². The second-order valence-corrected chi connectivity index (χ2v) is 6.29. The number of hydrogen-bond donors (Lipinski definition) is 3. The molecule has 0 aliphatic rings. The van der Waals surface area contributed by atoms with Crippen molar-refractivity contribution in [2.24, 2.45) is 10.9 Å². The molecule has 0 unspecified atom stereocenters. The van der Waals surface area contributed by atoms with E-state index in [1.54, 1.807) is 37.5 Å². The van der Waals surface area contributed by atoms with Gasteiger partial charge in [-0.15, -0.1) is 0 Å². The molecule has 2 heterocycles. The number of rotatable bonds is 3. The molecule has 0 amide bonds. The maximum atomic E-state index is 14.0. The van der Waals surface area contributed by atoms with E-state index in [0.29, 0.717) is 39.0 Å². The van der Waals surface area contributed by atoms with Crippen LogP contribution in [0, 0.1) is 26.8 Å². The topological polar surface area (TPSA) is 96.9 Å². The van der Waals surface area contributed by atoms with Crippen molar-refractivity contribution in [1.82, 2.24) is 4.57 Å². The average Bonchev–Trinajstić information content (AvgIpc) is 3.01. The molecule has 8 heteroatoms. The van der Waals surface area contributed by atoms with Crippen molar-refractivity contribution >= 4 is 17.4 Å². The van der Waals surface area contributed by atoms with E-state index in [4.69, 9.17) is 21.8 Å². The fourth-order valence-electron chi connectivity index (χ4n) is 3.05. The molecule has 0 atom stereocenters. The quantitative estimate of drug-likeness (QED) is 0.275. The van der Waals surface area contributed by atoms with Crippen molar-refractivity contribution in [1.29, 1.82) is 0 Å². The fourth-order valence-corrected chi connectivity index (χ4v) is 3.34. The van der Waals surface area contributed by atoms with Gasteiger partial charge in [0.15, 0.2) is 5.84 Å². The zero-order chi connectivity index (χ0) is 19.2. The van der Waals surface area contributed by atoms with Gasteiger partial charge in [-0.3, -0.25) is 0 Å². The van der Waals surface area contributed by atoms with E-state index in [2.05, 4.69) is 5.16 Å². The van der Waals surface area contributed by atoms with Crippen LogP contribution >= 0.6 is 11.6 Å². The number of phenols is 1. The lowest BCUT2D eigenvalue weighted by atomic mass is 10.1. The highest BCUT2D eigenvalue weighted by Crippen LogP contribution is 2.40. The van der Waals surface area contributed by atoms with Gasteiger partial charge in [-0.1, -0.05) is 16.8 Å². The van der Waals surface area contributed by atoms with Gasteiger partial charge in [0.05, 0.1) is 22.1 Å². The molecule has 0 radical (unpaired) electrons. The molecule has 0 aliphatic carbocycles. The van der Waals surface area contributed by atoms with Crippen LogP contribution < -0.4 is 5.73 Å². The third-order valence-electron chi connectivity index (χ3n) is 4.28. The van der Waals surface area contributed by atoms with Gasteiger partial charge in [0, 0.05) is 11.1 Å². The lowest BCUT2D eigenvalue weighted by Crippen LogP contribution is -2.19. The van der Waals surface area contributed by atoms with Crippen LogP contribution in [0.15, 0.2) is 33.8 Å². The monoisotopic (exact) mass is 377 g/mol. The first-order valence-corrected chi connectivity index (χ1v) is 8.09. The highest BCUT2D eigenvalue weighted by atomic mass is 35.5. The van der Waals surface area contributed by atoms with E-state index in [1.807, 2.05) is 0 Å². The zero-order valence-corrected chi connectivity index (χ0v) is 15.1. The summed E-state index contributed by atoms with van der Waals surface area (Å²) >= 11 is 6.56. The van der Waals surface area contributed by atoms with E-state index >= 15 is 0 Å². The second-order valence-electron chi connectivity index (χ2n) is 5.91. The van der Waals surface area contributed by atoms with Crippen LogP contribution in [0.25, 0.3) is 16.9 Å². The van der Waals surface area contributed by atoms with Gasteiger partial charge in [0.2, 0.25) is 0 Å². The maximum absolute atomic E-state index is 14.0. The maximum Gasteiger partial charge on any atom is 0.283 e. The van der Waals surface area contributed by atoms with Crippen LogP contribution in [0.5, 0.6) is 5.75 Å². The van der Waals surface area contributed by atoms with E-state index < -0.39 is 6.01 Å². The minimum absolute atomic E-state index is 0.0954. The Bertz CT molecular complexity index is 1020. The molecule has 2 aromatic heterocycles. The zero-order valence-electron chi connectivity index (χ0n) is 14.3. The summed E-state index contributed by atoms with van der Waals surface area (Å²) in [5.74, 6) is 0.242. The summed E-state index contributed by atoms with van der Waals surface area (Å²) in [5.41, 5.74) is 8.62. The van der Waals surface area contributed by atoms with Gasteiger partial charge in [-0.2, -0.15) is 4.39 Å². The number of halogens is 2. The van der Waals surface area contributed by atoms with Gasteiger partial charge < -0.3 is 25.0 Å². The molecule has 0 saturated carbocycles. The van der Waals surface area contributed by atoms with Crippen LogP contribution in [0.1, 0.15) is 22.6 Å². The molecule has 0 aliphatic heterocycles. The SMILES string of the molecule is Cc1oc(F)c(C)c1-n1c(/C(N)=N/O)c(C)c(Cl)c1-c1ccc(O)cc1. The summed E-state index contributed by atoms with van der Waals surface area (Å²) in [6.07, 6.45) is 0. The number of aromatic hydroxyl groups is 1. The molecule has 0 spiro atoms. The van der Waals surface area contributed by atoms with Crippen molar-refractivity contribution in [2.75, 3.05) is 0 Å². The Morgan fingerprint density at radius 3 is 2.31 bits per heavy atom. The summed E-state index contributed by atoms with van der Waals surface area (Å²) in [6, 6.07) is 5.64. The van der Waals surface area contributed by atoms with E-state index in [1.165, 1.54) is 12.1 Å². The third-order valence-corrected chi connectivity index (χ3v) is 4.74. The number of aryl methyl sites for hydroxylation is 1. The van der Waals surface area contributed by atoms with Crippen molar-refractivity contribution in [3.05, 3.63) is 57.9 Å². The number of nitrogens with two attached hydrogens (primary N) is 1. The van der Waals surface area contributed by atoms with Gasteiger partial charge in [0.1, 0.15) is 11.5 Å². The lowest BCUT2D eigenvalue weighted by Gasteiger charge is -2.14. The molecule has 6 nitrogen and oxygen atoms in total. The number of phenolic OH excluding ortho intramolecular Hbond substituents is 1. The molecule has 0 saturated heterocycles. The van der Waals surface area contributed by atoms with Gasteiger partial charge >= 0.3 is 0 Å². The van der Waals surface area contributed by atoms with Gasteiger partial charge in [-0.05, 0) is 50.6 Å². The number of furan rings is 1. The normalized spacial score (nSPS) is 12.0. The predicted molar refractivity (Wildman–Crippen MR) is 96.8 cm³/mol. The number of amidine groups is 1. The molecule has 26 heavy (non-hydrogen) atoms. The van der Waals surface area contributed by atoms with Crippen LogP contribution in [-0.2, 0) is 0 Å². The molecule has 136 valence electrons. The van der Waals surface area contributed by atoms with Crippen molar-refractivity contribution in [3.63, 3.8) is 0 Å². The highest BCUT2D eigenvalue weighted by molar-refractivity contribution is 6.35. The summed E-state index contributed by atoms with van der Waals surface area (Å²) < 4.78 is 20.8. The Labute approximate surface area is 153 Å².